The Balaban J connectivity index is 2.13. The SMILES string of the molecule is CCc1ccccc1NC(=O)C(C#N)Cc1ccc(O)c(OC)c1. The molecule has 0 saturated carbocycles. The molecule has 0 aliphatic carbocycles. The number of carbonyl (C=O) groups excluding carboxylic acids is 1. The van der Waals surface area contributed by atoms with Crippen LogP contribution in [0, 0.1) is 17.2 Å². The molecule has 0 saturated heterocycles. The molecule has 24 heavy (non-hydrogen) atoms. The van der Waals surface area contributed by atoms with Crippen LogP contribution < -0.4 is 10.1 Å². The minimum absolute atomic E-state index is 0.0242. The van der Waals surface area contributed by atoms with Gasteiger partial charge in [0.15, 0.2) is 11.5 Å². The molecule has 2 rings (SSSR count). The van der Waals surface area contributed by atoms with E-state index in [4.69, 9.17) is 4.74 Å². The molecule has 0 radical (unpaired) electrons. The molecule has 1 amide bonds. The molecule has 2 N–H and O–H groups in total. The number of nitrogens with zero attached hydrogens (tertiary/aromatic N) is 1. The number of hydrogen-bond donors (Lipinski definition) is 2. The van der Waals surface area contributed by atoms with Gasteiger partial charge in [-0.1, -0.05) is 31.2 Å². The number of amides is 1. The van der Waals surface area contributed by atoms with Gasteiger partial charge in [-0.15, -0.1) is 0 Å². The number of phenols is 1. The summed E-state index contributed by atoms with van der Waals surface area (Å²) in [7, 11) is 1.45. The predicted octanol–water partition coefficient (Wildman–Crippen LogP) is 3.28. The van der Waals surface area contributed by atoms with Crippen molar-refractivity contribution >= 4 is 11.6 Å². The molecule has 0 spiro atoms. The highest BCUT2D eigenvalue weighted by Gasteiger charge is 2.20. The highest BCUT2D eigenvalue weighted by Crippen LogP contribution is 2.27. The van der Waals surface area contributed by atoms with Crippen molar-refractivity contribution in [3.05, 3.63) is 53.6 Å². The third-order valence-corrected chi connectivity index (χ3v) is 3.81. The molecular weight excluding hydrogens is 304 g/mol. The first-order chi connectivity index (χ1) is 11.6. The van der Waals surface area contributed by atoms with Gasteiger partial charge >= 0.3 is 0 Å². The fourth-order valence-corrected chi connectivity index (χ4v) is 2.45. The summed E-state index contributed by atoms with van der Waals surface area (Å²) in [5.74, 6) is -0.827. The van der Waals surface area contributed by atoms with Gasteiger partial charge < -0.3 is 15.2 Å². The molecular formula is C19H20N2O3. The summed E-state index contributed by atoms with van der Waals surface area (Å²) in [6, 6.07) is 14.4. The third-order valence-electron chi connectivity index (χ3n) is 3.81. The quantitative estimate of drug-likeness (QED) is 0.854. The number of benzene rings is 2. The first-order valence-corrected chi connectivity index (χ1v) is 7.73. The van der Waals surface area contributed by atoms with Crippen molar-refractivity contribution in [3.8, 4) is 17.6 Å². The number of ether oxygens (including phenoxy) is 1. The maximum absolute atomic E-state index is 12.4. The van der Waals surface area contributed by atoms with Crippen LogP contribution in [0.25, 0.3) is 0 Å². The molecule has 0 aromatic heterocycles. The van der Waals surface area contributed by atoms with Gasteiger partial charge in [0.2, 0.25) is 5.91 Å². The van der Waals surface area contributed by atoms with Crippen LogP contribution in [0.1, 0.15) is 18.1 Å². The summed E-state index contributed by atoms with van der Waals surface area (Å²) in [4.78, 5) is 12.4. The topological polar surface area (TPSA) is 82.4 Å². The molecule has 0 aliphatic rings. The summed E-state index contributed by atoms with van der Waals surface area (Å²) in [5.41, 5.74) is 2.50. The van der Waals surface area contributed by atoms with Crippen molar-refractivity contribution in [3.63, 3.8) is 0 Å². The Morgan fingerprint density at radius 1 is 1.33 bits per heavy atom. The smallest absolute Gasteiger partial charge is 0.242 e. The average Bonchev–Trinajstić information content (AvgIpc) is 2.61. The van der Waals surface area contributed by atoms with Gasteiger partial charge in [0, 0.05) is 5.69 Å². The van der Waals surface area contributed by atoms with Crippen LogP contribution >= 0.6 is 0 Å². The van der Waals surface area contributed by atoms with Crippen molar-refractivity contribution in [2.45, 2.75) is 19.8 Å². The molecule has 0 bridgehead atoms. The number of nitrogens with one attached hydrogen (secondary N) is 1. The number of anilines is 1. The van der Waals surface area contributed by atoms with E-state index in [1.807, 2.05) is 37.3 Å². The third kappa shape index (κ3) is 4.05. The van der Waals surface area contributed by atoms with E-state index in [-0.39, 0.29) is 18.1 Å². The number of nitriles is 1. The number of hydrogen-bond acceptors (Lipinski definition) is 4. The van der Waals surface area contributed by atoms with E-state index >= 15 is 0 Å². The van der Waals surface area contributed by atoms with Crippen molar-refractivity contribution in [1.29, 1.82) is 5.26 Å². The first-order valence-electron chi connectivity index (χ1n) is 7.73. The number of aryl methyl sites for hydroxylation is 1. The zero-order valence-corrected chi connectivity index (χ0v) is 13.7. The molecule has 1 atom stereocenters. The summed E-state index contributed by atoms with van der Waals surface area (Å²) in [5, 5.41) is 21.8. The number of para-hydroxylation sites is 1. The minimum atomic E-state index is -0.829. The predicted molar refractivity (Wildman–Crippen MR) is 91.9 cm³/mol. The van der Waals surface area contributed by atoms with Crippen LogP contribution in [-0.4, -0.2) is 18.1 Å². The van der Waals surface area contributed by atoms with Gasteiger partial charge in [0.1, 0.15) is 5.92 Å². The maximum Gasteiger partial charge on any atom is 0.242 e. The zero-order valence-electron chi connectivity index (χ0n) is 13.7. The van der Waals surface area contributed by atoms with Gasteiger partial charge in [-0.25, -0.2) is 0 Å². The molecule has 0 aliphatic heterocycles. The Hall–Kier alpha value is -3.00. The number of methoxy groups -OCH3 is 1. The minimum Gasteiger partial charge on any atom is -0.504 e. The molecule has 5 nitrogen and oxygen atoms in total. The van der Waals surface area contributed by atoms with Crippen LogP contribution in [0.4, 0.5) is 5.69 Å². The van der Waals surface area contributed by atoms with Gasteiger partial charge in [-0.3, -0.25) is 4.79 Å². The number of rotatable bonds is 6. The summed E-state index contributed by atoms with van der Waals surface area (Å²) < 4.78 is 5.05. The van der Waals surface area contributed by atoms with Crippen molar-refractivity contribution in [2.75, 3.05) is 12.4 Å². The monoisotopic (exact) mass is 324 g/mol. The second kappa shape index (κ2) is 8.02. The fourth-order valence-electron chi connectivity index (χ4n) is 2.45. The highest BCUT2D eigenvalue weighted by molar-refractivity contribution is 5.95. The van der Waals surface area contributed by atoms with E-state index in [9.17, 15) is 15.2 Å². The van der Waals surface area contributed by atoms with Gasteiger partial charge in [0.05, 0.1) is 13.2 Å². The van der Waals surface area contributed by atoms with E-state index in [0.717, 1.165) is 23.2 Å². The average molecular weight is 324 g/mol. The number of aromatic hydroxyl groups is 1. The number of carbonyl (C=O) groups is 1. The van der Waals surface area contributed by atoms with Crippen molar-refractivity contribution in [2.24, 2.45) is 5.92 Å². The summed E-state index contributed by atoms with van der Waals surface area (Å²) in [6.07, 6.45) is 1.04. The lowest BCUT2D eigenvalue weighted by Gasteiger charge is -2.13. The van der Waals surface area contributed by atoms with Gasteiger partial charge in [-0.2, -0.15) is 5.26 Å². The molecule has 0 fully saturated rings. The van der Waals surface area contributed by atoms with E-state index < -0.39 is 5.92 Å². The molecule has 0 heterocycles. The maximum atomic E-state index is 12.4. The van der Waals surface area contributed by atoms with Crippen molar-refractivity contribution in [1.82, 2.24) is 0 Å². The second-order valence-electron chi connectivity index (χ2n) is 5.39. The Bertz CT molecular complexity index is 765. The van der Waals surface area contributed by atoms with Crippen LogP contribution in [0.5, 0.6) is 11.5 Å². The first kappa shape index (κ1) is 17.4. The molecule has 2 aromatic carbocycles. The van der Waals surface area contributed by atoms with Gasteiger partial charge in [0.25, 0.3) is 0 Å². The molecule has 5 heteroatoms. The summed E-state index contributed by atoms with van der Waals surface area (Å²) in [6.45, 7) is 2.01. The second-order valence-corrected chi connectivity index (χ2v) is 5.39. The largest absolute Gasteiger partial charge is 0.504 e. The lowest BCUT2D eigenvalue weighted by molar-refractivity contribution is -0.118. The van der Waals surface area contributed by atoms with Crippen molar-refractivity contribution < 1.29 is 14.6 Å². The Morgan fingerprint density at radius 3 is 2.75 bits per heavy atom. The standard InChI is InChI=1S/C19H20N2O3/c1-3-14-6-4-5-7-16(14)21-19(23)15(12-20)10-13-8-9-17(22)18(11-13)24-2/h4-9,11,15,22H,3,10H2,1-2H3,(H,21,23). The Kier molecular flexibility index (Phi) is 5.80. The fraction of sp³-hybridized carbons (Fsp3) is 0.263. The molecule has 124 valence electrons. The van der Waals surface area contributed by atoms with E-state index in [2.05, 4.69) is 5.32 Å². The van der Waals surface area contributed by atoms with Crippen LogP contribution in [0.2, 0.25) is 0 Å². The van der Waals surface area contributed by atoms with Crippen LogP contribution in [0.3, 0.4) is 0 Å². The lowest BCUT2D eigenvalue weighted by atomic mass is 9.99. The molecule has 1 unspecified atom stereocenters. The normalized spacial score (nSPS) is 11.4. The number of phenolic OH excluding ortho intramolecular Hbond substituents is 1. The van der Waals surface area contributed by atoms with Gasteiger partial charge in [-0.05, 0) is 42.2 Å². The Labute approximate surface area is 141 Å². The highest BCUT2D eigenvalue weighted by atomic mass is 16.5. The summed E-state index contributed by atoms with van der Waals surface area (Å²) >= 11 is 0. The van der Waals surface area contributed by atoms with E-state index in [1.165, 1.54) is 13.2 Å². The van der Waals surface area contributed by atoms with Crippen LogP contribution in [0.15, 0.2) is 42.5 Å². The van der Waals surface area contributed by atoms with E-state index in [0.29, 0.717) is 5.75 Å². The Morgan fingerprint density at radius 2 is 2.08 bits per heavy atom. The zero-order chi connectivity index (χ0) is 17.5. The van der Waals surface area contributed by atoms with E-state index in [1.54, 1.807) is 12.1 Å². The van der Waals surface area contributed by atoms with Crippen LogP contribution in [-0.2, 0) is 17.6 Å². The molecule has 2 aromatic rings. The lowest BCUT2D eigenvalue weighted by Crippen LogP contribution is -2.24.